The van der Waals surface area contributed by atoms with Crippen molar-refractivity contribution in [3.63, 3.8) is 0 Å². The first kappa shape index (κ1) is 17.9. The fourth-order valence-corrected chi connectivity index (χ4v) is 3.28. The molecule has 0 radical (unpaired) electrons. The third-order valence-corrected chi connectivity index (χ3v) is 4.76. The van der Waals surface area contributed by atoms with E-state index < -0.39 is 4.92 Å². The van der Waals surface area contributed by atoms with Crippen molar-refractivity contribution in [3.05, 3.63) is 82.2 Å². The van der Waals surface area contributed by atoms with E-state index in [-0.39, 0.29) is 11.5 Å². The molecule has 7 heteroatoms. The smallest absolute Gasteiger partial charge is 0.343 e. The summed E-state index contributed by atoms with van der Waals surface area (Å²) in [6, 6.07) is 17.7. The van der Waals surface area contributed by atoms with Gasteiger partial charge in [-0.15, -0.1) is 0 Å². The van der Waals surface area contributed by atoms with Gasteiger partial charge in [-0.3, -0.25) is 10.1 Å². The minimum absolute atomic E-state index is 0.0915. The first-order valence-corrected chi connectivity index (χ1v) is 8.97. The topological polar surface area (TPSA) is 81.0 Å². The van der Waals surface area contributed by atoms with E-state index in [0.717, 1.165) is 22.4 Å². The van der Waals surface area contributed by atoms with E-state index in [2.05, 4.69) is 15.3 Å². The maximum Gasteiger partial charge on any atom is 0.343 e. The monoisotopic (exact) mass is 366 g/mol. The van der Waals surface area contributed by atoms with E-state index in [9.17, 15) is 10.1 Å². The largest absolute Gasteiger partial charge is 0.364 e. The molecule has 3 rings (SSSR count). The number of anilines is 1. The SMILES string of the molecule is Cc1ccc(Sc2ncnc(NCCc3ccccc3)c2[N+](=O)[O-])cc1. The molecule has 2 aromatic carbocycles. The van der Waals surface area contributed by atoms with Gasteiger partial charge in [0.15, 0.2) is 5.03 Å². The van der Waals surface area contributed by atoms with Crippen LogP contribution in [-0.2, 0) is 6.42 Å². The Morgan fingerprint density at radius 3 is 2.50 bits per heavy atom. The molecule has 0 spiro atoms. The highest BCUT2D eigenvalue weighted by Crippen LogP contribution is 2.36. The Morgan fingerprint density at radius 2 is 1.81 bits per heavy atom. The predicted molar refractivity (Wildman–Crippen MR) is 103 cm³/mol. The molecule has 0 saturated carbocycles. The normalized spacial score (nSPS) is 10.5. The fraction of sp³-hybridized carbons (Fsp3) is 0.158. The summed E-state index contributed by atoms with van der Waals surface area (Å²) in [5.74, 6) is 0.246. The number of nitro groups is 1. The molecule has 0 bridgehead atoms. The molecule has 26 heavy (non-hydrogen) atoms. The molecule has 0 amide bonds. The number of benzene rings is 2. The number of aryl methyl sites for hydroxylation is 1. The highest BCUT2D eigenvalue weighted by Gasteiger charge is 2.23. The molecule has 0 atom stereocenters. The number of nitrogens with one attached hydrogen (secondary N) is 1. The zero-order chi connectivity index (χ0) is 18.4. The molecule has 0 saturated heterocycles. The van der Waals surface area contributed by atoms with Crippen LogP contribution in [0.4, 0.5) is 11.5 Å². The Morgan fingerprint density at radius 1 is 1.08 bits per heavy atom. The lowest BCUT2D eigenvalue weighted by molar-refractivity contribution is -0.387. The second-order valence-corrected chi connectivity index (χ2v) is 6.77. The lowest BCUT2D eigenvalue weighted by Crippen LogP contribution is -2.09. The summed E-state index contributed by atoms with van der Waals surface area (Å²) < 4.78 is 0. The fourth-order valence-electron chi connectivity index (χ4n) is 2.42. The van der Waals surface area contributed by atoms with E-state index >= 15 is 0 Å². The highest BCUT2D eigenvalue weighted by atomic mass is 32.2. The molecule has 0 aliphatic heterocycles. The van der Waals surface area contributed by atoms with E-state index in [0.29, 0.717) is 11.6 Å². The van der Waals surface area contributed by atoms with E-state index in [1.807, 2.05) is 61.5 Å². The van der Waals surface area contributed by atoms with Gasteiger partial charge in [-0.1, -0.05) is 59.8 Å². The van der Waals surface area contributed by atoms with Crippen LogP contribution in [0.5, 0.6) is 0 Å². The quantitative estimate of drug-likeness (QED) is 0.377. The third-order valence-electron chi connectivity index (χ3n) is 3.76. The van der Waals surface area contributed by atoms with Gasteiger partial charge in [0.25, 0.3) is 0 Å². The molecule has 1 N–H and O–H groups in total. The zero-order valence-corrected chi connectivity index (χ0v) is 15.1. The van der Waals surface area contributed by atoms with E-state index in [1.165, 1.54) is 18.1 Å². The lowest BCUT2D eigenvalue weighted by atomic mass is 10.1. The summed E-state index contributed by atoms with van der Waals surface area (Å²) in [6.45, 7) is 2.55. The van der Waals surface area contributed by atoms with Gasteiger partial charge in [-0.05, 0) is 31.0 Å². The van der Waals surface area contributed by atoms with Gasteiger partial charge in [0.2, 0.25) is 5.82 Å². The summed E-state index contributed by atoms with van der Waals surface area (Å²) in [7, 11) is 0. The maximum atomic E-state index is 11.6. The van der Waals surface area contributed by atoms with E-state index in [4.69, 9.17) is 0 Å². The van der Waals surface area contributed by atoms with Gasteiger partial charge >= 0.3 is 5.69 Å². The molecule has 132 valence electrons. The Balaban J connectivity index is 1.77. The van der Waals surface area contributed by atoms with Crippen LogP contribution in [-0.4, -0.2) is 21.4 Å². The Kier molecular flexibility index (Phi) is 5.80. The highest BCUT2D eigenvalue weighted by molar-refractivity contribution is 7.99. The molecule has 0 unspecified atom stereocenters. The number of hydrogen-bond acceptors (Lipinski definition) is 6. The van der Waals surface area contributed by atoms with Crippen molar-refractivity contribution in [2.45, 2.75) is 23.3 Å². The standard InChI is InChI=1S/C19H18N4O2S/c1-14-7-9-16(10-8-14)26-19-17(23(24)25)18(21-13-22-19)20-12-11-15-5-3-2-4-6-15/h2-10,13H,11-12H2,1H3,(H,20,21,22). The Labute approximate surface area is 155 Å². The summed E-state index contributed by atoms with van der Waals surface area (Å²) in [6.07, 6.45) is 2.11. The zero-order valence-electron chi connectivity index (χ0n) is 14.3. The Hall–Kier alpha value is -2.93. The van der Waals surface area contributed by atoms with Crippen molar-refractivity contribution in [1.82, 2.24) is 9.97 Å². The molecule has 0 fully saturated rings. The molecule has 0 aliphatic carbocycles. The molecular weight excluding hydrogens is 348 g/mol. The van der Waals surface area contributed by atoms with Crippen LogP contribution in [0.25, 0.3) is 0 Å². The van der Waals surface area contributed by atoms with Crippen LogP contribution >= 0.6 is 11.8 Å². The predicted octanol–water partition coefficient (Wildman–Crippen LogP) is 4.50. The van der Waals surface area contributed by atoms with Gasteiger partial charge in [-0.25, -0.2) is 9.97 Å². The second kappa shape index (κ2) is 8.44. The van der Waals surface area contributed by atoms with Gasteiger partial charge < -0.3 is 5.32 Å². The van der Waals surface area contributed by atoms with E-state index in [1.54, 1.807) is 0 Å². The first-order valence-electron chi connectivity index (χ1n) is 8.15. The number of rotatable bonds is 7. The van der Waals surface area contributed by atoms with Gasteiger partial charge in [0, 0.05) is 11.4 Å². The molecule has 1 aromatic heterocycles. The van der Waals surface area contributed by atoms with Crippen LogP contribution in [0.2, 0.25) is 0 Å². The molecular formula is C19H18N4O2S. The van der Waals surface area contributed by atoms with Crippen LogP contribution in [0.15, 0.2) is 70.8 Å². The van der Waals surface area contributed by atoms with Crippen molar-refractivity contribution in [1.29, 1.82) is 0 Å². The lowest BCUT2D eigenvalue weighted by Gasteiger charge is -2.08. The Bertz CT molecular complexity index is 886. The number of nitrogens with zero attached hydrogens (tertiary/aromatic N) is 3. The van der Waals surface area contributed by atoms with Crippen molar-refractivity contribution < 1.29 is 4.92 Å². The minimum atomic E-state index is -0.429. The number of aromatic nitrogens is 2. The third kappa shape index (κ3) is 4.58. The molecule has 1 heterocycles. The molecule has 0 aliphatic rings. The first-order chi connectivity index (χ1) is 12.6. The van der Waals surface area contributed by atoms with Crippen molar-refractivity contribution in [2.24, 2.45) is 0 Å². The minimum Gasteiger partial charge on any atom is -0.364 e. The molecule has 3 aromatic rings. The van der Waals surface area contributed by atoms with Gasteiger partial charge in [-0.2, -0.15) is 0 Å². The number of hydrogen-bond donors (Lipinski definition) is 1. The van der Waals surface area contributed by atoms with Crippen LogP contribution in [0, 0.1) is 17.0 Å². The summed E-state index contributed by atoms with van der Waals surface area (Å²) in [5, 5.41) is 15.0. The molecule has 6 nitrogen and oxygen atoms in total. The van der Waals surface area contributed by atoms with Crippen molar-refractivity contribution in [2.75, 3.05) is 11.9 Å². The van der Waals surface area contributed by atoms with Gasteiger partial charge in [0.05, 0.1) is 4.92 Å². The second-order valence-electron chi connectivity index (χ2n) is 5.71. The van der Waals surface area contributed by atoms with Crippen molar-refractivity contribution >= 4 is 23.3 Å². The van der Waals surface area contributed by atoms with Crippen molar-refractivity contribution in [3.8, 4) is 0 Å². The van der Waals surface area contributed by atoms with Crippen LogP contribution in [0.1, 0.15) is 11.1 Å². The summed E-state index contributed by atoms with van der Waals surface area (Å²) in [4.78, 5) is 20.2. The summed E-state index contributed by atoms with van der Waals surface area (Å²) in [5.41, 5.74) is 2.20. The summed E-state index contributed by atoms with van der Waals surface area (Å²) >= 11 is 1.26. The average molecular weight is 366 g/mol. The van der Waals surface area contributed by atoms with Crippen LogP contribution in [0.3, 0.4) is 0 Å². The maximum absolute atomic E-state index is 11.6. The average Bonchev–Trinajstić information content (AvgIpc) is 2.64. The van der Waals surface area contributed by atoms with Crippen LogP contribution < -0.4 is 5.32 Å². The van der Waals surface area contributed by atoms with Gasteiger partial charge in [0.1, 0.15) is 6.33 Å².